The van der Waals surface area contributed by atoms with E-state index in [1.807, 2.05) is 0 Å². The van der Waals surface area contributed by atoms with Crippen LogP contribution in [0.4, 0.5) is 0 Å². The van der Waals surface area contributed by atoms with Gasteiger partial charge in [0.05, 0.1) is 5.41 Å². The Morgan fingerprint density at radius 3 is 2.25 bits per heavy atom. The van der Waals surface area contributed by atoms with Crippen molar-refractivity contribution in [3.63, 3.8) is 0 Å². The molecule has 1 heterocycles. The van der Waals surface area contributed by atoms with Gasteiger partial charge in [0.15, 0.2) is 0 Å². The Kier molecular flexibility index (Phi) is 6.96. The summed E-state index contributed by atoms with van der Waals surface area (Å²) in [5.74, 6) is 0.911. The van der Waals surface area contributed by atoms with Crippen LogP contribution in [0, 0.1) is 11.3 Å². The standard InChI is InChI=1S/C16H33N3O/c1-6-16(7-9-17-10-8-16)15(20)19(13-14(2)3)12-11-18(4)5/h14,17H,6-13H2,1-5H3. The number of likely N-dealkylation sites (N-methyl/N-ethyl adjacent to an activating group) is 1. The lowest BCUT2D eigenvalue weighted by molar-refractivity contribution is -0.145. The minimum atomic E-state index is -0.119. The van der Waals surface area contributed by atoms with Gasteiger partial charge in [-0.15, -0.1) is 0 Å². The van der Waals surface area contributed by atoms with Crippen LogP contribution in [0.25, 0.3) is 0 Å². The van der Waals surface area contributed by atoms with E-state index >= 15 is 0 Å². The highest BCUT2D eigenvalue weighted by Crippen LogP contribution is 2.34. The summed E-state index contributed by atoms with van der Waals surface area (Å²) in [6.07, 6.45) is 2.93. The average Bonchev–Trinajstić information content (AvgIpc) is 2.42. The van der Waals surface area contributed by atoms with Crippen LogP contribution in [0.3, 0.4) is 0 Å². The van der Waals surface area contributed by atoms with Gasteiger partial charge in [0.1, 0.15) is 0 Å². The van der Waals surface area contributed by atoms with Crippen molar-refractivity contribution in [1.29, 1.82) is 0 Å². The quantitative estimate of drug-likeness (QED) is 0.774. The molecule has 1 N–H and O–H groups in total. The maximum absolute atomic E-state index is 13.1. The Hall–Kier alpha value is -0.610. The predicted molar refractivity (Wildman–Crippen MR) is 84.8 cm³/mol. The summed E-state index contributed by atoms with van der Waals surface area (Å²) in [5, 5.41) is 3.38. The molecule has 0 spiro atoms. The van der Waals surface area contributed by atoms with E-state index < -0.39 is 0 Å². The average molecular weight is 283 g/mol. The monoisotopic (exact) mass is 283 g/mol. The third-order valence-corrected chi connectivity index (χ3v) is 4.38. The number of amides is 1. The lowest BCUT2D eigenvalue weighted by Gasteiger charge is -2.40. The fourth-order valence-electron chi connectivity index (χ4n) is 3.00. The smallest absolute Gasteiger partial charge is 0.228 e. The van der Waals surface area contributed by atoms with Gasteiger partial charge in [-0.05, 0) is 52.4 Å². The number of carbonyl (C=O) groups excluding carboxylic acids is 1. The number of hydrogen-bond donors (Lipinski definition) is 1. The van der Waals surface area contributed by atoms with Gasteiger partial charge >= 0.3 is 0 Å². The molecule has 4 heteroatoms. The molecule has 0 atom stereocenters. The van der Waals surface area contributed by atoms with Crippen LogP contribution in [0.15, 0.2) is 0 Å². The molecule has 0 aliphatic carbocycles. The van der Waals surface area contributed by atoms with Crippen molar-refractivity contribution in [3.8, 4) is 0 Å². The van der Waals surface area contributed by atoms with Crippen molar-refractivity contribution in [2.24, 2.45) is 11.3 Å². The Morgan fingerprint density at radius 1 is 1.20 bits per heavy atom. The maximum atomic E-state index is 13.1. The predicted octanol–water partition coefficient (Wildman–Crippen LogP) is 1.81. The Balaban J connectivity index is 2.78. The normalized spacial score (nSPS) is 18.6. The molecule has 4 nitrogen and oxygen atoms in total. The topological polar surface area (TPSA) is 35.6 Å². The first kappa shape index (κ1) is 17.4. The fourth-order valence-corrected chi connectivity index (χ4v) is 3.00. The molecule has 0 saturated carbocycles. The maximum Gasteiger partial charge on any atom is 0.228 e. The van der Waals surface area contributed by atoms with Crippen LogP contribution in [0.5, 0.6) is 0 Å². The molecule has 0 aromatic heterocycles. The fraction of sp³-hybridized carbons (Fsp3) is 0.938. The van der Waals surface area contributed by atoms with Crippen LogP contribution in [0.1, 0.15) is 40.0 Å². The van der Waals surface area contributed by atoms with E-state index in [2.05, 4.69) is 50.0 Å². The molecule has 0 unspecified atom stereocenters. The first-order valence-electron chi connectivity index (χ1n) is 8.06. The summed E-state index contributed by atoms with van der Waals surface area (Å²) in [6, 6.07) is 0. The van der Waals surface area contributed by atoms with Gasteiger partial charge in [-0.25, -0.2) is 0 Å². The first-order chi connectivity index (χ1) is 9.41. The molecular formula is C16H33N3O. The minimum absolute atomic E-state index is 0.119. The Bertz CT molecular complexity index is 296. The number of nitrogens with zero attached hydrogens (tertiary/aromatic N) is 2. The van der Waals surface area contributed by atoms with Gasteiger partial charge in [-0.2, -0.15) is 0 Å². The zero-order valence-electron chi connectivity index (χ0n) is 14.0. The molecular weight excluding hydrogens is 250 g/mol. The number of hydrogen-bond acceptors (Lipinski definition) is 3. The zero-order chi connectivity index (χ0) is 15.2. The van der Waals surface area contributed by atoms with Crippen LogP contribution in [-0.2, 0) is 4.79 Å². The summed E-state index contributed by atoms with van der Waals surface area (Å²) in [5.41, 5.74) is -0.119. The second-order valence-electron chi connectivity index (χ2n) is 6.83. The summed E-state index contributed by atoms with van der Waals surface area (Å²) in [6.45, 7) is 11.2. The lowest BCUT2D eigenvalue weighted by atomic mass is 9.75. The van der Waals surface area contributed by atoms with Crippen molar-refractivity contribution < 1.29 is 4.79 Å². The second-order valence-corrected chi connectivity index (χ2v) is 6.83. The molecule has 1 fully saturated rings. The van der Waals surface area contributed by atoms with Crippen molar-refractivity contribution >= 4 is 5.91 Å². The van der Waals surface area contributed by atoms with E-state index in [0.717, 1.165) is 52.0 Å². The summed E-state index contributed by atoms with van der Waals surface area (Å²) < 4.78 is 0. The number of piperidine rings is 1. The highest BCUT2D eigenvalue weighted by atomic mass is 16.2. The zero-order valence-corrected chi connectivity index (χ0v) is 14.0. The highest BCUT2D eigenvalue weighted by molar-refractivity contribution is 5.83. The van der Waals surface area contributed by atoms with E-state index in [4.69, 9.17) is 0 Å². The lowest BCUT2D eigenvalue weighted by Crippen LogP contribution is -2.51. The minimum Gasteiger partial charge on any atom is -0.341 e. The van der Waals surface area contributed by atoms with Gasteiger partial charge in [-0.3, -0.25) is 4.79 Å². The molecule has 0 radical (unpaired) electrons. The van der Waals surface area contributed by atoms with Gasteiger partial charge < -0.3 is 15.1 Å². The van der Waals surface area contributed by atoms with Crippen molar-refractivity contribution in [3.05, 3.63) is 0 Å². The molecule has 20 heavy (non-hydrogen) atoms. The molecule has 1 rings (SSSR count). The molecule has 1 amide bonds. The molecule has 0 bridgehead atoms. The number of nitrogens with one attached hydrogen (secondary N) is 1. The number of rotatable bonds is 7. The third kappa shape index (κ3) is 4.74. The van der Waals surface area contributed by atoms with Gasteiger partial charge in [-0.1, -0.05) is 20.8 Å². The van der Waals surface area contributed by atoms with E-state index in [1.165, 1.54) is 0 Å². The Morgan fingerprint density at radius 2 is 1.80 bits per heavy atom. The van der Waals surface area contributed by atoms with E-state index in [9.17, 15) is 4.79 Å². The van der Waals surface area contributed by atoms with Crippen LogP contribution < -0.4 is 5.32 Å². The second kappa shape index (κ2) is 7.99. The Labute approximate surface area is 124 Å². The summed E-state index contributed by atoms with van der Waals surface area (Å²) in [4.78, 5) is 17.3. The van der Waals surface area contributed by atoms with Crippen LogP contribution >= 0.6 is 0 Å². The van der Waals surface area contributed by atoms with Gasteiger partial charge in [0.25, 0.3) is 0 Å². The molecule has 118 valence electrons. The molecule has 1 aliphatic heterocycles. The van der Waals surface area contributed by atoms with Crippen molar-refractivity contribution in [2.75, 3.05) is 46.8 Å². The summed E-state index contributed by atoms with van der Waals surface area (Å²) in [7, 11) is 4.14. The number of carbonyl (C=O) groups is 1. The van der Waals surface area contributed by atoms with E-state index in [0.29, 0.717) is 11.8 Å². The highest BCUT2D eigenvalue weighted by Gasteiger charge is 2.40. The van der Waals surface area contributed by atoms with Crippen molar-refractivity contribution in [1.82, 2.24) is 15.1 Å². The third-order valence-electron chi connectivity index (χ3n) is 4.38. The van der Waals surface area contributed by atoms with Crippen molar-refractivity contribution in [2.45, 2.75) is 40.0 Å². The van der Waals surface area contributed by atoms with Gasteiger partial charge in [0, 0.05) is 19.6 Å². The first-order valence-corrected chi connectivity index (χ1v) is 8.06. The SMILES string of the molecule is CCC1(C(=O)N(CCN(C)C)CC(C)C)CCNCC1. The largest absolute Gasteiger partial charge is 0.341 e. The van der Waals surface area contributed by atoms with Crippen LogP contribution in [0.2, 0.25) is 0 Å². The van der Waals surface area contributed by atoms with Crippen LogP contribution in [-0.4, -0.2) is 62.5 Å². The molecule has 0 aromatic carbocycles. The molecule has 0 aromatic rings. The van der Waals surface area contributed by atoms with E-state index in [-0.39, 0.29) is 5.41 Å². The molecule has 1 saturated heterocycles. The van der Waals surface area contributed by atoms with Gasteiger partial charge in [0.2, 0.25) is 5.91 Å². The van der Waals surface area contributed by atoms with E-state index in [1.54, 1.807) is 0 Å². The molecule has 1 aliphatic rings. The summed E-state index contributed by atoms with van der Waals surface area (Å²) >= 11 is 0.